The highest BCUT2D eigenvalue weighted by Gasteiger charge is 2.14. The number of nitrogens with two attached hydrogens (primary N) is 1. The highest BCUT2D eigenvalue weighted by atomic mass is 32.2. The Morgan fingerprint density at radius 1 is 1.73 bits per heavy atom. The summed E-state index contributed by atoms with van der Waals surface area (Å²) in [5, 5.41) is 8.34. The summed E-state index contributed by atoms with van der Waals surface area (Å²) < 4.78 is 57.0. The van der Waals surface area contributed by atoms with Gasteiger partial charge in [0.15, 0.2) is 0 Å². The molecule has 0 aliphatic carbocycles. The van der Waals surface area contributed by atoms with E-state index in [9.17, 15) is 13.2 Å². The van der Waals surface area contributed by atoms with Crippen LogP contribution >= 0.6 is 0 Å². The summed E-state index contributed by atoms with van der Waals surface area (Å²) in [6.45, 7) is 0. The topological polar surface area (TPSA) is 118 Å². The molecule has 0 aromatic carbocycles. The van der Waals surface area contributed by atoms with Gasteiger partial charge in [0.2, 0.25) is 0 Å². The summed E-state index contributed by atoms with van der Waals surface area (Å²) in [4.78, 5) is 10.3. The standard InChI is InChI=1S/C4H9NO5S/c5-3(4(6)7)1-2-11(8,9)10/h3H,1-2,5H2,(H,6,7)(H,8,9,10)/t3-/m0/s1/i1D2,2D2. The highest BCUT2D eigenvalue weighted by molar-refractivity contribution is 7.85. The Bertz CT molecular complexity index is 365. The number of rotatable bonds is 4. The summed E-state index contributed by atoms with van der Waals surface area (Å²) in [5.74, 6) is -1.92. The number of carboxylic acids is 1. The van der Waals surface area contributed by atoms with Crippen molar-refractivity contribution in [1.29, 1.82) is 0 Å². The van der Waals surface area contributed by atoms with Gasteiger partial charge in [-0.15, -0.1) is 0 Å². The Labute approximate surface area is 69.4 Å². The molecule has 0 spiro atoms. The smallest absolute Gasteiger partial charge is 0.320 e. The summed E-state index contributed by atoms with van der Waals surface area (Å²) >= 11 is 0. The van der Waals surface area contributed by atoms with Crippen molar-refractivity contribution in [3.8, 4) is 0 Å². The molecular formula is C4H9NO5S. The van der Waals surface area contributed by atoms with Crippen molar-refractivity contribution in [2.24, 2.45) is 5.73 Å². The van der Waals surface area contributed by atoms with Crippen molar-refractivity contribution in [3.05, 3.63) is 0 Å². The maximum absolute atomic E-state index is 10.5. The van der Waals surface area contributed by atoms with Gasteiger partial charge >= 0.3 is 5.97 Å². The van der Waals surface area contributed by atoms with Crippen LogP contribution in [-0.4, -0.2) is 35.8 Å². The predicted molar refractivity (Wildman–Crippen MR) is 36.6 cm³/mol. The van der Waals surface area contributed by atoms with E-state index in [4.69, 9.17) is 20.9 Å². The van der Waals surface area contributed by atoms with Gasteiger partial charge in [0.05, 0.1) is 5.70 Å². The molecule has 0 fully saturated rings. The Hall–Kier alpha value is -0.660. The second-order valence-electron chi connectivity index (χ2n) is 1.54. The van der Waals surface area contributed by atoms with Crippen LogP contribution in [0.5, 0.6) is 0 Å². The lowest BCUT2D eigenvalue weighted by Crippen LogP contribution is -2.32. The van der Waals surface area contributed by atoms with Gasteiger partial charge in [-0.1, -0.05) is 0 Å². The van der Waals surface area contributed by atoms with Crippen LogP contribution in [0.4, 0.5) is 0 Å². The van der Waals surface area contributed by atoms with E-state index in [0.717, 1.165) is 0 Å². The number of carbonyl (C=O) groups is 1. The van der Waals surface area contributed by atoms with Gasteiger partial charge in [-0.25, -0.2) is 0 Å². The van der Waals surface area contributed by atoms with E-state index in [1.807, 2.05) is 0 Å². The van der Waals surface area contributed by atoms with Crippen molar-refractivity contribution < 1.29 is 28.4 Å². The number of carboxylic acid groups (broad SMARTS) is 1. The molecule has 0 saturated heterocycles. The molecule has 0 amide bonds. The van der Waals surface area contributed by atoms with E-state index in [1.165, 1.54) is 0 Å². The first-order valence-electron chi connectivity index (χ1n) is 4.31. The Morgan fingerprint density at radius 2 is 2.18 bits per heavy atom. The van der Waals surface area contributed by atoms with E-state index in [0.29, 0.717) is 0 Å². The molecule has 4 N–H and O–H groups in total. The third kappa shape index (κ3) is 5.77. The molecule has 6 nitrogen and oxygen atoms in total. The molecule has 0 unspecified atom stereocenters. The van der Waals surface area contributed by atoms with Crippen LogP contribution in [0, 0.1) is 0 Å². The monoisotopic (exact) mass is 187 g/mol. The number of hydrogen-bond acceptors (Lipinski definition) is 4. The van der Waals surface area contributed by atoms with Gasteiger partial charge in [-0.05, 0) is 6.37 Å². The van der Waals surface area contributed by atoms with Crippen LogP contribution in [0.3, 0.4) is 0 Å². The van der Waals surface area contributed by atoms with E-state index in [2.05, 4.69) is 0 Å². The van der Waals surface area contributed by atoms with Crippen LogP contribution in [0.15, 0.2) is 0 Å². The predicted octanol–water partition coefficient (Wildman–Crippen LogP) is -1.32. The summed E-state index contributed by atoms with van der Waals surface area (Å²) in [7, 11) is -5.42. The molecule has 0 rings (SSSR count). The fourth-order valence-electron chi connectivity index (χ4n) is 0.200. The van der Waals surface area contributed by atoms with Crippen molar-refractivity contribution >= 4 is 16.1 Å². The molecule has 0 bridgehead atoms. The summed E-state index contributed by atoms with van der Waals surface area (Å²) in [6, 6.07) is -2.42. The fourth-order valence-corrected chi connectivity index (χ4v) is 0.476. The van der Waals surface area contributed by atoms with Gasteiger partial charge in [-0.2, -0.15) is 8.42 Å². The Morgan fingerprint density at radius 3 is 2.45 bits per heavy atom. The first kappa shape index (κ1) is 5.07. The molecule has 0 saturated carbocycles. The van der Waals surface area contributed by atoms with Crippen molar-refractivity contribution in [2.75, 3.05) is 5.70 Å². The second kappa shape index (κ2) is 3.65. The first-order valence-corrected chi connectivity index (χ1v) is 3.75. The molecule has 0 radical (unpaired) electrons. The Balaban J connectivity index is 5.48. The SMILES string of the molecule is [2H]C([2H])([C@H](N)C(=O)O)C([2H])([2H])S(=O)(=O)O. The van der Waals surface area contributed by atoms with Gasteiger partial charge in [0.1, 0.15) is 6.04 Å². The molecule has 0 heterocycles. The van der Waals surface area contributed by atoms with Gasteiger partial charge < -0.3 is 10.8 Å². The van der Waals surface area contributed by atoms with E-state index < -0.39 is 34.2 Å². The van der Waals surface area contributed by atoms with Crippen molar-refractivity contribution in [1.82, 2.24) is 0 Å². The van der Waals surface area contributed by atoms with Crippen LogP contribution in [0.1, 0.15) is 11.9 Å². The zero-order valence-electron chi connectivity index (χ0n) is 9.18. The fraction of sp³-hybridized carbons (Fsp3) is 0.750. The zero-order chi connectivity index (χ0) is 12.7. The van der Waals surface area contributed by atoms with Crippen molar-refractivity contribution in [3.63, 3.8) is 0 Å². The van der Waals surface area contributed by atoms with Crippen molar-refractivity contribution in [2.45, 2.75) is 12.4 Å². The second-order valence-corrected chi connectivity index (χ2v) is 2.69. The quantitative estimate of drug-likeness (QED) is 0.469. The average Bonchev–Trinajstić information content (AvgIpc) is 2.00. The number of hydrogen-bond donors (Lipinski definition) is 3. The number of aliphatic carboxylic acids is 1. The molecule has 0 aromatic rings. The minimum absolute atomic E-state index is 1.92. The van der Waals surface area contributed by atoms with Gasteiger partial charge in [-0.3, -0.25) is 9.35 Å². The lowest BCUT2D eigenvalue weighted by molar-refractivity contribution is -0.138. The van der Waals surface area contributed by atoms with Crippen LogP contribution < -0.4 is 5.73 Å². The Kier molecular flexibility index (Phi) is 1.68. The first-order chi connectivity index (χ1) is 6.35. The van der Waals surface area contributed by atoms with E-state index in [1.54, 1.807) is 0 Å². The summed E-state index contributed by atoms with van der Waals surface area (Å²) in [5.41, 5.74) is 0.979. The summed E-state index contributed by atoms with van der Waals surface area (Å²) in [6.07, 6.45) is -3.47. The third-order valence-corrected chi connectivity index (χ3v) is 0.985. The lowest BCUT2D eigenvalue weighted by Gasteiger charge is -2.02. The van der Waals surface area contributed by atoms with Gasteiger partial charge in [0, 0.05) is 5.48 Å². The average molecular weight is 187 g/mol. The van der Waals surface area contributed by atoms with E-state index in [-0.39, 0.29) is 0 Å². The molecule has 11 heavy (non-hydrogen) atoms. The molecule has 7 heteroatoms. The minimum atomic E-state index is -5.42. The molecule has 1 atom stereocenters. The molecule has 66 valence electrons. The minimum Gasteiger partial charge on any atom is -0.480 e. The van der Waals surface area contributed by atoms with E-state index >= 15 is 0 Å². The largest absolute Gasteiger partial charge is 0.480 e. The molecule has 0 aromatic heterocycles. The van der Waals surface area contributed by atoms with Crippen LogP contribution in [0.2, 0.25) is 0 Å². The third-order valence-electron chi connectivity index (χ3n) is 0.609. The normalized spacial score (nSPS) is 22.4. The van der Waals surface area contributed by atoms with Crippen LogP contribution in [0.25, 0.3) is 0 Å². The highest BCUT2D eigenvalue weighted by Crippen LogP contribution is 1.92. The van der Waals surface area contributed by atoms with Gasteiger partial charge in [0.25, 0.3) is 10.1 Å². The lowest BCUT2D eigenvalue weighted by atomic mass is 10.2. The molecular weight excluding hydrogens is 174 g/mol. The zero-order valence-corrected chi connectivity index (χ0v) is 6.00. The van der Waals surface area contributed by atoms with Crippen LogP contribution in [-0.2, 0) is 14.9 Å². The maximum Gasteiger partial charge on any atom is 0.320 e. The molecule has 0 aliphatic rings. The maximum atomic E-state index is 10.5. The molecule has 0 aliphatic heterocycles.